The Morgan fingerprint density at radius 3 is 2.73 bits per heavy atom. The molecule has 0 aromatic heterocycles. The molecule has 2 aromatic rings. The van der Waals surface area contributed by atoms with Gasteiger partial charge in [-0.3, -0.25) is 4.79 Å². The zero-order valence-electron chi connectivity index (χ0n) is 12.6. The van der Waals surface area contributed by atoms with E-state index in [1.165, 1.54) is 5.56 Å². The van der Waals surface area contributed by atoms with Crippen molar-refractivity contribution < 1.29 is 9.53 Å². The Labute approximate surface area is 130 Å². The number of fused-ring (bicyclic) bond motifs is 1. The number of nitrogens with one attached hydrogen (secondary N) is 1. The van der Waals surface area contributed by atoms with Crippen molar-refractivity contribution >= 4 is 5.91 Å². The molecular weight excluding hydrogens is 276 g/mol. The number of benzene rings is 2. The monoisotopic (exact) mass is 296 g/mol. The number of carbonyl (C=O) groups excluding carboxylic acids is 1. The van der Waals surface area contributed by atoms with Gasteiger partial charge in [-0.25, -0.2) is 0 Å². The highest BCUT2D eigenvalue weighted by atomic mass is 16.5. The highest BCUT2D eigenvalue weighted by Crippen LogP contribution is 2.36. The lowest BCUT2D eigenvalue weighted by molar-refractivity contribution is 0.0936. The van der Waals surface area contributed by atoms with E-state index in [0.29, 0.717) is 12.1 Å². The molecule has 1 amide bonds. The van der Waals surface area contributed by atoms with Gasteiger partial charge in [0.15, 0.2) is 0 Å². The Bertz CT molecular complexity index is 680. The van der Waals surface area contributed by atoms with E-state index in [2.05, 4.69) is 11.4 Å². The maximum Gasteiger partial charge on any atom is 0.251 e. The average Bonchev–Trinajstić information content (AvgIpc) is 2.98. The van der Waals surface area contributed by atoms with Crippen LogP contribution in [-0.4, -0.2) is 13.0 Å². The zero-order valence-corrected chi connectivity index (χ0v) is 12.6. The number of hydrogen-bond donors (Lipinski definition) is 2. The summed E-state index contributed by atoms with van der Waals surface area (Å²) in [6.07, 6.45) is 1.83. The molecule has 0 radical (unpaired) electrons. The summed E-state index contributed by atoms with van der Waals surface area (Å²) in [7, 11) is 1.68. The first-order chi connectivity index (χ1) is 10.7. The van der Waals surface area contributed by atoms with Crippen LogP contribution in [0.2, 0.25) is 0 Å². The first-order valence-electron chi connectivity index (χ1n) is 7.48. The molecule has 4 heteroatoms. The van der Waals surface area contributed by atoms with Crippen LogP contribution in [0, 0.1) is 0 Å². The molecule has 4 nitrogen and oxygen atoms in total. The fourth-order valence-electron chi connectivity index (χ4n) is 3.00. The van der Waals surface area contributed by atoms with Crippen LogP contribution in [-0.2, 0) is 13.0 Å². The van der Waals surface area contributed by atoms with Gasteiger partial charge in [-0.15, -0.1) is 0 Å². The number of nitrogens with two attached hydrogens (primary N) is 1. The number of ether oxygens (including phenoxy) is 1. The first kappa shape index (κ1) is 14.6. The van der Waals surface area contributed by atoms with Gasteiger partial charge in [0.25, 0.3) is 5.91 Å². The summed E-state index contributed by atoms with van der Waals surface area (Å²) in [6.45, 7) is 0.484. The van der Waals surface area contributed by atoms with Gasteiger partial charge in [-0.05, 0) is 47.7 Å². The van der Waals surface area contributed by atoms with Crippen molar-refractivity contribution in [3.8, 4) is 5.75 Å². The third-order valence-corrected chi connectivity index (χ3v) is 4.20. The molecule has 3 rings (SSSR count). The molecule has 1 aliphatic carbocycles. The molecule has 114 valence electrons. The van der Waals surface area contributed by atoms with Crippen LogP contribution in [0.15, 0.2) is 42.5 Å². The second-order valence-electron chi connectivity index (χ2n) is 5.49. The van der Waals surface area contributed by atoms with Crippen molar-refractivity contribution in [2.75, 3.05) is 7.11 Å². The van der Waals surface area contributed by atoms with Crippen LogP contribution in [0.25, 0.3) is 0 Å². The largest absolute Gasteiger partial charge is 0.496 e. The molecule has 0 saturated carbocycles. The summed E-state index contributed by atoms with van der Waals surface area (Å²) in [4.78, 5) is 12.4. The predicted octanol–water partition coefficient (Wildman–Crippen LogP) is 2.57. The lowest BCUT2D eigenvalue weighted by Gasteiger charge is -2.15. The van der Waals surface area contributed by atoms with Gasteiger partial charge in [0.2, 0.25) is 0 Å². The van der Waals surface area contributed by atoms with Gasteiger partial charge >= 0.3 is 0 Å². The van der Waals surface area contributed by atoms with Gasteiger partial charge in [0, 0.05) is 12.1 Å². The highest BCUT2D eigenvalue weighted by Gasteiger charge is 2.26. The SMILES string of the molecule is COc1cccc2c1CCC2NC(=O)c1ccc(CN)cc1. The third kappa shape index (κ3) is 2.70. The van der Waals surface area contributed by atoms with Crippen LogP contribution in [0.4, 0.5) is 0 Å². The maximum absolute atomic E-state index is 12.4. The molecule has 0 saturated heterocycles. The number of methoxy groups -OCH3 is 1. The minimum Gasteiger partial charge on any atom is -0.496 e. The third-order valence-electron chi connectivity index (χ3n) is 4.20. The zero-order chi connectivity index (χ0) is 15.5. The van der Waals surface area contributed by atoms with Crippen molar-refractivity contribution in [3.63, 3.8) is 0 Å². The summed E-state index contributed by atoms with van der Waals surface area (Å²) < 4.78 is 5.40. The van der Waals surface area contributed by atoms with Gasteiger partial charge in [0.05, 0.1) is 13.2 Å². The van der Waals surface area contributed by atoms with E-state index in [1.807, 2.05) is 36.4 Å². The maximum atomic E-state index is 12.4. The molecular formula is C18H20N2O2. The van der Waals surface area contributed by atoms with Crippen molar-refractivity contribution in [1.82, 2.24) is 5.32 Å². The molecule has 0 spiro atoms. The Morgan fingerprint density at radius 2 is 2.05 bits per heavy atom. The van der Waals surface area contributed by atoms with Gasteiger partial charge < -0.3 is 15.8 Å². The summed E-state index contributed by atoms with van der Waals surface area (Å²) >= 11 is 0. The molecule has 0 fully saturated rings. The lowest BCUT2D eigenvalue weighted by atomic mass is 10.1. The molecule has 1 aliphatic rings. The van der Waals surface area contributed by atoms with Crippen molar-refractivity contribution in [2.24, 2.45) is 5.73 Å². The summed E-state index contributed by atoms with van der Waals surface area (Å²) in [6, 6.07) is 13.5. The Balaban J connectivity index is 1.76. The van der Waals surface area contributed by atoms with Gasteiger partial charge in [0.1, 0.15) is 5.75 Å². The van der Waals surface area contributed by atoms with Crippen molar-refractivity contribution in [3.05, 3.63) is 64.7 Å². The topological polar surface area (TPSA) is 64.3 Å². The molecule has 3 N–H and O–H groups in total. The van der Waals surface area contributed by atoms with E-state index in [1.54, 1.807) is 7.11 Å². The fourth-order valence-corrected chi connectivity index (χ4v) is 3.00. The van der Waals surface area contributed by atoms with Crippen LogP contribution >= 0.6 is 0 Å². The fraction of sp³-hybridized carbons (Fsp3) is 0.278. The minimum atomic E-state index is -0.0516. The second-order valence-corrected chi connectivity index (χ2v) is 5.49. The molecule has 2 aromatic carbocycles. The normalized spacial score (nSPS) is 16.2. The minimum absolute atomic E-state index is 0.0479. The number of amides is 1. The molecule has 0 heterocycles. The van der Waals surface area contributed by atoms with Gasteiger partial charge in [-0.1, -0.05) is 24.3 Å². The standard InChI is InChI=1S/C18H20N2O2/c1-22-17-4-2-3-14-15(17)9-10-16(14)20-18(21)13-7-5-12(11-19)6-8-13/h2-8,16H,9-11,19H2,1H3,(H,20,21). The molecule has 1 unspecified atom stereocenters. The molecule has 22 heavy (non-hydrogen) atoms. The van der Waals surface area contributed by atoms with Crippen LogP contribution in [0.3, 0.4) is 0 Å². The van der Waals surface area contributed by atoms with E-state index in [4.69, 9.17) is 10.5 Å². The Hall–Kier alpha value is -2.33. The predicted molar refractivity (Wildman–Crippen MR) is 85.9 cm³/mol. The van der Waals surface area contributed by atoms with Gasteiger partial charge in [-0.2, -0.15) is 0 Å². The van der Waals surface area contributed by atoms with E-state index < -0.39 is 0 Å². The quantitative estimate of drug-likeness (QED) is 0.911. The number of hydrogen-bond acceptors (Lipinski definition) is 3. The van der Waals surface area contributed by atoms with E-state index in [9.17, 15) is 4.79 Å². The van der Waals surface area contributed by atoms with Crippen LogP contribution < -0.4 is 15.8 Å². The van der Waals surface area contributed by atoms with Crippen LogP contribution in [0.5, 0.6) is 5.75 Å². The molecule has 0 aliphatic heterocycles. The molecule has 0 bridgehead atoms. The summed E-state index contributed by atoms with van der Waals surface area (Å²) in [5.74, 6) is 0.853. The Kier molecular flexibility index (Phi) is 4.11. The van der Waals surface area contributed by atoms with Crippen molar-refractivity contribution in [1.29, 1.82) is 0 Å². The Morgan fingerprint density at radius 1 is 1.27 bits per heavy atom. The molecule has 1 atom stereocenters. The second kappa shape index (κ2) is 6.20. The number of carbonyl (C=O) groups is 1. The van der Waals surface area contributed by atoms with E-state index >= 15 is 0 Å². The number of rotatable bonds is 4. The van der Waals surface area contributed by atoms with Crippen LogP contribution in [0.1, 0.15) is 39.5 Å². The lowest BCUT2D eigenvalue weighted by Crippen LogP contribution is -2.27. The average molecular weight is 296 g/mol. The summed E-state index contributed by atoms with van der Waals surface area (Å²) in [5, 5.41) is 3.11. The summed E-state index contributed by atoms with van der Waals surface area (Å²) in [5.41, 5.74) is 9.62. The van der Waals surface area contributed by atoms with Crippen molar-refractivity contribution in [2.45, 2.75) is 25.4 Å². The highest BCUT2D eigenvalue weighted by molar-refractivity contribution is 5.94. The van der Waals surface area contributed by atoms with E-state index in [0.717, 1.165) is 29.7 Å². The first-order valence-corrected chi connectivity index (χ1v) is 7.48. The smallest absolute Gasteiger partial charge is 0.251 e. The van der Waals surface area contributed by atoms with E-state index in [-0.39, 0.29) is 11.9 Å².